The van der Waals surface area contributed by atoms with Gasteiger partial charge in [0.25, 0.3) is 5.91 Å². The van der Waals surface area contributed by atoms with Gasteiger partial charge in [-0.2, -0.15) is 13.2 Å². The van der Waals surface area contributed by atoms with Crippen molar-refractivity contribution < 1.29 is 41.7 Å². The highest BCUT2D eigenvalue weighted by Crippen LogP contribution is 2.37. The van der Waals surface area contributed by atoms with Crippen molar-refractivity contribution in [1.82, 2.24) is 14.4 Å². The highest BCUT2D eigenvalue weighted by molar-refractivity contribution is 5.94. The van der Waals surface area contributed by atoms with E-state index in [1.807, 2.05) is 35.4 Å². The number of alkyl halides is 3. The van der Waals surface area contributed by atoms with Crippen molar-refractivity contribution in [3.63, 3.8) is 0 Å². The van der Waals surface area contributed by atoms with Crippen LogP contribution in [-0.2, 0) is 17.9 Å². The van der Waals surface area contributed by atoms with Crippen LogP contribution in [0.2, 0.25) is 0 Å². The van der Waals surface area contributed by atoms with Crippen molar-refractivity contribution in [2.45, 2.75) is 31.3 Å². The van der Waals surface area contributed by atoms with Crippen LogP contribution in [0, 0.1) is 5.82 Å². The highest BCUT2D eigenvalue weighted by atomic mass is 19.4. The molecule has 38 heavy (non-hydrogen) atoms. The molecule has 3 aliphatic heterocycles. The maximum absolute atomic E-state index is 13.3. The Morgan fingerprint density at radius 2 is 1.61 bits per heavy atom. The van der Waals surface area contributed by atoms with Crippen LogP contribution in [0.1, 0.15) is 27.7 Å². The molecule has 0 spiro atoms. The Bertz CT molecular complexity index is 1340. The fourth-order valence-corrected chi connectivity index (χ4v) is 4.99. The van der Waals surface area contributed by atoms with E-state index in [4.69, 9.17) is 19.4 Å². The third kappa shape index (κ3) is 5.17. The van der Waals surface area contributed by atoms with E-state index < -0.39 is 12.1 Å². The molecule has 1 N–H and O–H groups in total. The number of aromatic nitrogens is 1. The maximum atomic E-state index is 13.3. The fourth-order valence-electron chi connectivity index (χ4n) is 4.99. The van der Waals surface area contributed by atoms with Gasteiger partial charge in [-0.1, -0.05) is 18.2 Å². The first-order chi connectivity index (χ1) is 18.1. The first kappa shape index (κ1) is 25.6. The Labute approximate surface area is 214 Å². The van der Waals surface area contributed by atoms with E-state index in [1.165, 1.54) is 12.1 Å². The Hall–Kier alpha value is -4.06. The Morgan fingerprint density at radius 1 is 0.947 bits per heavy atom. The number of aliphatic carboxylic acids is 1. The smallest absolute Gasteiger partial charge is 0.475 e. The second kappa shape index (κ2) is 10.0. The summed E-state index contributed by atoms with van der Waals surface area (Å²) in [4.78, 5) is 26.5. The topological polar surface area (TPSA) is 84.2 Å². The minimum absolute atomic E-state index is 0.0282. The molecule has 2 atom stereocenters. The zero-order valence-electron chi connectivity index (χ0n) is 19.9. The minimum atomic E-state index is -5.08. The molecule has 1 aromatic heterocycles. The summed E-state index contributed by atoms with van der Waals surface area (Å²) in [7, 11) is 0. The molecular weight excluding hydrogens is 510 g/mol. The van der Waals surface area contributed by atoms with E-state index >= 15 is 0 Å². The number of halogens is 4. The molecule has 8 nitrogen and oxygen atoms in total. The van der Waals surface area contributed by atoms with Gasteiger partial charge in [-0.15, -0.1) is 0 Å². The first-order valence-electron chi connectivity index (χ1n) is 11.7. The van der Waals surface area contributed by atoms with Crippen LogP contribution in [0.5, 0.6) is 11.5 Å². The molecule has 3 aromatic rings. The second-order valence-corrected chi connectivity index (χ2v) is 9.18. The number of hydrogen-bond donors (Lipinski definition) is 1. The van der Waals surface area contributed by atoms with Crippen LogP contribution in [0.3, 0.4) is 0 Å². The van der Waals surface area contributed by atoms with Crippen LogP contribution in [-0.4, -0.2) is 63.5 Å². The van der Waals surface area contributed by atoms with Crippen molar-refractivity contribution in [3.8, 4) is 11.5 Å². The van der Waals surface area contributed by atoms with Crippen LogP contribution in [0.25, 0.3) is 0 Å². The van der Waals surface area contributed by atoms with Crippen LogP contribution < -0.4 is 9.47 Å². The number of hydrogen-bond acceptors (Lipinski definition) is 5. The molecule has 200 valence electrons. The molecule has 1 amide bonds. The van der Waals surface area contributed by atoms with E-state index in [0.29, 0.717) is 12.2 Å². The zero-order valence-corrected chi connectivity index (χ0v) is 19.9. The third-order valence-electron chi connectivity index (χ3n) is 6.70. The molecule has 1 saturated heterocycles. The Morgan fingerprint density at radius 3 is 2.32 bits per heavy atom. The van der Waals surface area contributed by atoms with Gasteiger partial charge in [0.15, 0.2) is 11.5 Å². The lowest BCUT2D eigenvalue weighted by Crippen LogP contribution is -2.49. The van der Waals surface area contributed by atoms with E-state index in [-0.39, 0.29) is 30.6 Å². The molecule has 2 unspecified atom stereocenters. The summed E-state index contributed by atoms with van der Waals surface area (Å²) in [5.41, 5.74) is 2.81. The van der Waals surface area contributed by atoms with E-state index in [0.717, 1.165) is 42.3 Å². The van der Waals surface area contributed by atoms with Crippen molar-refractivity contribution in [3.05, 3.63) is 83.4 Å². The van der Waals surface area contributed by atoms with Crippen molar-refractivity contribution in [1.29, 1.82) is 0 Å². The van der Waals surface area contributed by atoms with Gasteiger partial charge in [-0.25, -0.2) is 9.18 Å². The summed E-state index contributed by atoms with van der Waals surface area (Å²) in [6.45, 7) is 3.16. The summed E-state index contributed by atoms with van der Waals surface area (Å²) in [6.07, 6.45) is -3.08. The van der Waals surface area contributed by atoms with Gasteiger partial charge >= 0.3 is 12.1 Å². The molecular formula is C26H23F4N3O5. The van der Waals surface area contributed by atoms with Gasteiger partial charge < -0.3 is 24.0 Å². The molecule has 0 saturated carbocycles. The maximum Gasteiger partial charge on any atom is 0.490 e. The molecule has 6 rings (SSSR count). The Kier molecular flexibility index (Phi) is 6.74. The monoisotopic (exact) mass is 533 g/mol. The number of ether oxygens (including phenoxy) is 2. The number of rotatable bonds is 4. The number of carbonyl (C=O) groups is 2. The fraction of sp³-hybridized carbons (Fsp3) is 0.308. The zero-order chi connectivity index (χ0) is 27.0. The average Bonchev–Trinajstić information content (AvgIpc) is 3.62. The molecule has 4 heterocycles. The standard InChI is InChI=1S/C24H22FN3O3.C2HF3O2/c25-18-6-3-16(4-7-18)12-28-21-14-26(11-17-5-8-22-23(10-17)31-15-30-22)13-20(21)27-9-1-2-19(27)24(28)29;3-2(4,5)1(6)7/h1-10,20-21H,11-15H2;(H,6,7). The number of carboxylic acid groups (broad SMARTS) is 1. The van der Waals surface area contributed by atoms with Crippen LogP contribution >= 0.6 is 0 Å². The predicted octanol–water partition coefficient (Wildman–Crippen LogP) is 4.07. The minimum Gasteiger partial charge on any atom is -0.475 e. The lowest BCUT2D eigenvalue weighted by molar-refractivity contribution is -0.192. The lowest BCUT2D eigenvalue weighted by Gasteiger charge is -2.38. The highest BCUT2D eigenvalue weighted by Gasteiger charge is 2.45. The number of amides is 1. The normalized spacial score (nSPS) is 20.0. The largest absolute Gasteiger partial charge is 0.490 e. The number of nitrogens with zero attached hydrogens (tertiary/aromatic N) is 3. The quantitative estimate of drug-likeness (QED) is 0.510. The number of benzene rings is 2. The SMILES string of the molecule is O=C(O)C(F)(F)F.O=C1c2cccn2C2CN(Cc3ccc4c(c3)OCO4)CC2N1Cc1ccc(F)cc1. The summed E-state index contributed by atoms with van der Waals surface area (Å²) < 4.78 is 58.1. The number of carbonyl (C=O) groups excluding carboxylic acids is 1. The van der Waals surface area contributed by atoms with Gasteiger partial charge in [-0.3, -0.25) is 9.69 Å². The second-order valence-electron chi connectivity index (χ2n) is 9.18. The van der Waals surface area contributed by atoms with Crippen LogP contribution in [0.15, 0.2) is 60.8 Å². The molecule has 3 aliphatic rings. The first-order valence-corrected chi connectivity index (χ1v) is 11.7. The molecule has 1 fully saturated rings. The molecule has 12 heteroatoms. The van der Waals surface area contributed by atoms with E-state index in [9.17, 15) is 22.4 Å². The molecule has 0 aliphatic carbocycles. The predicted molar refractivity (Wildman–Crippen MR) is 125 cm³/mol. The number of fused-ring (bicyclic) bond motifs is 4. The van der Waals surface area contributed by atoms with Gasteiger partial charge in [0.05, 0.1) is 12.1 Å². The van der Waals surface area contributed by atoms with Crippen molar-refractivity contribution in [2.75, 3.05) is 19.9 Å². The molecule has 2 aromatic carbocycles. The van der Waals surface area contributed by atoms with E-state index in [1.54, 1.807) is 12.1 Å². The van der Waals surface area contributed by atoms with Gasteiger partial charge in [0.1, 0.15) is 11.5 Å². The lowest BCUT2D eigenvalue weighted by atomic mass is 10.0. The van der Waals surface area contributed by atoms with Crippen molar-refractivity contribution >= 4 is 11.9 Å². The summed E-state index contributed by atoms with van der Waals surface area (Å²) in [5, 5.41) is 7.12. The van der Waals surface area contributed by atoms with Gasteiger partial charge in [0.2, 0.25) is 6.79 Å². The summed E-state index contributed by atoms with van der Waals surface area (Å²) in [5.74, 6) is -1.42. The van der Waals surface area contributed by atoms with Gasteiger partial charge in [0, 0.05) is 32.4 Å². The number of likely N-dealkylation sites (tertiary alicyclic amines) is 1. The molecule has 0 radical (unpaired) electrons. The number of carboxylic acids is 1. The average molecular weight is 533 g/mol. The van der Waals surface area contributed by atoms with E-state index in [2.05, 4.69) is 15.5 Å². The summed E-state index contributed by atoms with van der Waals surface area (Å²) in [6, 6.07) is 16.5. The Balaban J connectivity index is 0.000000374. The van der Waals surface area contributed by atoms with Crippen LogP contribution in [0.4, 0.5) is 17.6 Å². The summed E-state index contributed by atoms with van der Waals surface area (Å²) >= 11 is 0. The van der Waals surface area contributed by atoms with Crippen molar-refractivity contribution in [2.24, 2.45) is 0 Å². The van der Waals surface area contributed by atoms with Gasteiger partial charge in [-0.05, 0) is 47.5 Å². The molecule has 0 bridgehead atoms. The third-order valence-corrected chi connectivity index (χ3v) is 6.70.